The number of carbonyl (C=O) groups is 1. The molecule has 0 atom stereocenters. The lowest BCUT2D eigenvalue weighted by Crippen LogP contribution is -2.13. The van der Waals surface area contributed by atoms with Crippen molar-refractivity contribution in [3.05, 3.63) is 46.4 Å². The first kappa shape index (κ1) is 10.8. The van der Waals surface area contributed by atoms with E-state index in [4.69, 9.17) is 0 Å². The van der Waals surface area contributed by atoms with Crippen molar-refractivity contribution >= 4 is 22.9 Å². The Kier molecular flexibility index (Phi) is 3.31. The van der Waals surface area contributed by atoms with Gasteiger partial charge in [-0.25, -0.2) is 0 Å². The molecule has 0 saturated heterocycles. The molecule has 0 fully saturated rings. The van der Waals surface area contributed by atoms with Crippen LogP contribution >= 0.6 is 11.3 Å². The first-order valence-corrected chi connectivity index (χ1v) is 5.86. The first-order chi connectivity index (χ1) is 7.74. The molecule has 16 heavy (non-hydrogen) atoms. The van der Waals surface area contributed by atoms with Crippen LogP contribution in [0.5, 0.6) is 0 Å². The Morgan fingerprint density at radius 1 is 1.50 bits per heavy atom. The van der Waals surface area contributed by atoms with Gasteiger partial charge in [0.25, 0.3) is 0 Å². The molecule has 1 amide bonds. The van der Waals surface area contributed by atoms with Crippen molar-refractivity contribution in [1.29, 1.82) is 0 Å². The second-order valence-electron chi connectivity index (χ2n) is 3.56. The van der Waals surface area contributed by atoms with Gasteiger partial charge < -0.3 is 5.32 Å². The van der Waals surface area contributed by atoms with Crippen molar-refractivity contribution in [2.24, 2.45) is 0 Å². The van der Waals surface area contributed by atoms with Crippen molar-refractivity contribution in [3.8, 4) is 0 Å². The lowest BCUT2D eigenvalue weighted by Gasteiger charge is -2.04. The van der Waals surface area contributed by atoms with Gasteiger partial charge in [-0.05, 0) is 30.0 Å². The molecule has 0 saturated carbocycles. The van der Waals surface area contributed by atoms with Crippen LogP contribution in [0.1, 0.15) is 10.4 Å². The summed E-state index contributed by atoms with van der Waals surface area (Å²) in [5, 5.41) is 4.80. The number of carbonyl (C=O) groups excluding carboxylic acids is 1. The SMILES string of the molecule is Cc1cncc(NC(=O)Cc2cccs2)c1. The number of anilines is 1. The number of aromatic nitrogens is 1. The first-order valence-electron chi connectivity index (χ1n) is 4.98. The lowest BCUT2D eigenvalue weighted by molar-refractivity contribution is -0.115. The van der Waals surface area contributed by atoms with Gasteiger partial charge in [-0.1, -0.05) is 6.07 Å². The highest BCUT2D eigenvalue weighted by Crippen LogP contribution is 2.11. The normalized spacial score (nSPS) is 10.1. The molecule has 0 spiro atoms. The molecule has 0 unspecified atom stereocenters. The third kappa shape index (κ3) is 2.90. The average molecular weight is 232 g/mol. The molecule has 82 valence electrons. The number of pyridine rings is 1. The highest BCUT2D eigenvalue weighted by atomic mass is 32.1. The number of thiophene rings is 1. The van der Waals surface area contributed by atoms with E-state index in [0.717, 1.165) is 16.1 Å². The molecular weight excluding hydrogens is 220 g/mol. The molecule has 0 bridgehead atoms. The van der Waals surface area contributed by atoms with Gasteiger partial charge in [-0.2, -0.15) is 0 Å². The minimum atomic E-state index is -0.00477. The Bertz CT molecular complexity index is 480. The molecule has 4 heteroatoms. The molecule has 2 aromatic rings. The van der Waals surface area contributed by atoms with E-state index >= 15 is 0 Å². The van der Waals surface area contributed by atoms with E-state index in [1.807, 2.05) is 30.5 Å². The van der Waals surface area contributed by atoms with Crippen LogP contribution in [0.3, 0.4) is 0 Å². The fraction of sp³-hybridized carbons (Fsp3) is 0.167. The Labute approximate surface area is 98.2 Å². The van der Waals surface area contributed by atoms with E-state index in [2.05, 4.69) is 10.3 Å². The Morgan fingerprint density at radius 2 is 2.38 bits per heavy atom. The van der Waals surface area contributed by atoms with E-state index in [1.165, 1.54) is 0 Å². The summed E-state index contributed by atoms with van der Waals surface area (Å²) in [7, 11) is 0. The fourth-order valence-corrected chi connectivity index (χ4v) is 2.10. The predicted octanol–water partition coefficient (Wildman–Crippen LogP) is 2.63. The standard InChI is InChI=1S/C12H12N2OS/c1-9-5-10(8-13-7-9)14-12(15)6-11-3-2-4-16-11/h2-5,7-8H,6H2,1H3,(H,14,15). The number of rotatable bonds is 3. The molecular formula is C12H12N2OS. The largest absolute Gasteiger partial charge is 0.324 e. The summed E-state index contributed by atoms with van der Waals surface area (Å²) in [4.78, 5) is 16.7. The maximum atomic E-state index is 11.7. The van der Waals surface area contributed by atoms with E-state index in [1.54, 1.807) is 23.7 Å². The maximum Gasteiger partial charge on any atom is 0.229 e. The van der Waals surface area contributed by atoms with Crippen LogP contribution in [0, 0.1) is 6.92 Å². The summed E-state index contributed by atoms with van der Waals surface area (Å²) in [6.45, 7) is 1.95. The van der Waals surface area contributed by atoms with Crippen LogP contribution in [0.2, 0.25) is 0 Å². The Morgan fingerprint density at radius 3 is 3.06 bits per heavy atom. The van der Waals surface area contributed by atoms with E-state index in [0.29, 0.717) is 6.42 Å². The third-order valence-electron chi connectivity index (χ3n) is 2.07. The van der Waals surface area contributed by atoms with Gasteiger partial charge >= 0.3 is 0 Å². The van der Waals surface area contributed by atoms with Crippen LogP contribution in [0.15, 0.2) is 36.0 Å². The summed E-state index contributed by atoms with van der Waals surface area (Å²) in [5.41, 5.74) is 1.79. The molecule has 2 heterocycles. The monoisotopic (exact) mass is 232 g/mol. The second kappa shape index (κ2) is 4.90. The topological polar surface area (TPSA) is 42.0 Å². The molecule has 1 N–H and O–H groups in total. The van der Waals surface area contributed by atoms with Crippen molar-refractivity contribution in [3.63, 3.8) is 0 Å². The van der Waals surface area contributed by atoms with Gasteiger partial charge in [-0.15, -0.1) is 11.3 Å². The van der Waals surface area contributed by atoms with Crippen molar-refractivity contribution in [2.45, 2.75) is 13.3 Å². The van der Waals surface area contributed by atoms with Crippen LogP contribution in [-0.4, -0.2) is 10.9 Å². The predicted molar refractivity (Wildman–Crippen MR) is 65.6 cm³/mol. The van der Waals surface area contributed by atoms with Crippen molar-refractivity contribution in [2.75, 3.05) is 5.32 Å². The van der Waals surface area contributed by atoms with E-state index in [-0.39, 0.29) is 5.91 Å². The van der Waals surface area contributed by atoms with Gasteiger partial charge in [0.05, 0.1) is 18.3 Å². The number of hydrogen-bond acceptors (Lipinski definition) is 3. The second-order valence-corrected chi connectivity index (χ2v) is 4.59. The number of aryl methyl sites for hydroxylation is 1. The fourth-order valence-electron chi connectivity index (χ4n) is 1.40. The maximum absolute atomic E-state index is 11.7. The summed E-state index contributed by atoms with van der Waals surface area (Å²) >= 11 is 1.59. The van der Waals surface area contributed by atoms with Gasteiger partial charge in [0.1, 0.15) is 0 Å². The molecule has 0 aliphatic heterocycles. The zero-order valence-corrected chi connectivity index (χ0v) is 9.75. The zero-order valence-electron chi connectivity index (χ0n) is 8.93. The molecule has 0 aliphatic carbocycles. The van der Waals surface area contributed by atoms with Crippen LogP contribution in [0.25, 0.3) is 0 Å². The number of amides is 1. The van der Waals surface area contributed by atoms with Gasteiger partial charge in [-0.3, -0.25) is 9.78 Å². The zero-order chi connectivity index (χ0) is 11.4. The molecule has 0 aliphatic rings. The molecule has 3 nitrogen and oxygen atoms in total. The van der Waals surface area contributed by atoms with Crippen LogP contribution < -0.4 is 5.32 Å². The highest BCUT2D eigenvalue weighted by Gasteiger charge is 2.04. The van der Waals surface area contributed by atoms with Gasteiger partial charge in [0.2, 0.25) is 5.91 Å². The summed E-state index contributed by atoms with van der Waals surface area (Å²) in [5.74, 6) is -0.00477. The highest BCUT2D eigenvalue weighted by molar-refractivity contribution is 7.10. The van der Waals surface area contributed by atoms with Crippen molar-refractivity contribution < 1.29 is 4.79 Å². The van der Waals surface area contributed by atoms with Gasteiger partial charge in [0.15, 0.2) is 0 Å². The van der Waals surface area contributed by atoms with E-state index in [9.17, 15) is 4.79 Å². The Hall–Kier alpha value is -1.68. The minimum Gasteiger partial charge on any atom is -0.324 e. The third-order valence-corrected chi connectivity index (χ3v) is 2.95. The number of hydrogen-bond donors (Lipinski definition) is 1. The smallest absolute Gasteiger partial charge is 0.229 e. The summed E-state index contributed by atoms with van der Waals surface area (Å²) < 4.78 is 0. The number of nitrogens with one attached hydrogen (secondary N) is 1. The lowest BCUT2D eigenvalue weighted by atomic mass is 10.3. The average Bonchev–Trinajstić information content (AvgIpc) is 2.70. The number of nitrogens with zero attached hydrogens (tertiary/aromatic N) is 1. The molecule has 2 aromatic heterocycles. The molecule has 0 aromatic carbocycles. The summed E-state index contributed by atoms with van der Waals surface area (Å²) in [6, 6.07) is 5.81. The quantitative estimate of drug-likeness (QED) is 0.884. The molecule has 0 radical (unpaired) electrons. The minimum absolute atomic E-state index is 0.00477. The van der Waals surface area contributed by atoms with E-state index < -0.39 is 0 Å². The Balaban J connectivity index is 1.97. The van der Waals surface area contributed by atoms with Crippen LogP contribution in [-0.2, 0) is 11.2 Å². The van der Waals surface area contributed by atoms with Gasteiger partial charge in [0, 0.05) is 11.1 Å². The van der Waals surface area contributed by atoms with Crippen molar-refractivity contribution in [1.82, 2.24) is 4.98 Å². The molecule has 2 rings (SSSR count). The van der Waals surface area contributed by atoms with Crippen LogP contribution in [0.4, 0.5) is 5.69 Å². The summed E-state index contributed by atoms with van der Waals surface area (Å²) in [6.07, 6.45) is 3.83.